The van der Waals surface area contributed by atoms with Crippen molar-refractivity contribution in [1.82, 2.24) is 24.2 Å². The van der Waals surface area contributed by atoms with Gasteiger partial charge < -0.3 is 0 Å². The zero-order valence-corrected chi connectivity index (χ0v) is 15.9. The standard InChI is InChI=1S/C14H21N5O4S2/c1-11-14(12(2)18-17-11)25(22,23)16-7-8-19(24(3,20)21)10-13-5-4-6-15-9-13/h4-6,9,16H,7-8,10H2,1-3H3,(H,17,18). The van der Waals surface area contributed by atoms with Crippen LogP contribution < -0.4 is 4.72 Å². The van der Waals surface area contributed by atoms with E-state index < -0.39 is 20.0 Å². The molecule has 2 aromatic heterocycles. The van der Waals surface area contributed by atoms with Crippen molar-refractivity contribution in [1.29, 1.82) is 0 Å². The predicted molar refractivity (Wildman–Crippen MR) is 92.7 cm³/mol. The fraction of sp³-hybridized carbons (Fsp3) is 0.429. The van der Waals surface area contributed by atoms with Crippen molar-refractivity contribution >= 4 is 20.0 Å². The summed E-state index contributed by atoms with van der Waals surface area (Å²) in [6.45, 7) is 3.27. The molecule has 0 bridgehead atoms. The molecule has 9 nitrogen and oxygen atoms in total. The first-order chi connectivity index (χ1) is 11.6. The van der Waals surface area contributed by atoms with Gasteiger partial charge in [-0.2, -0.15) is 9.40 Å². The van der Waals surface area contributed by atoms with Gasteiger partial charge in [0.1, 0.15) is 4.90 Å². The molecule has 0 unspecified atom stereocenters. The molecule has 0 aromatic carbocycles. The molecular weight excluding hydrogens is 366 g/mol. The lowest BCUT2D eigenvalue weighted by Crippen LogP contribution is -2.37. The lowest BCUT2D eigenvalue weighted by molar-refractivity contribution is 0.412. The molecule has 0 aliphatic carbocycles. The summed E-state index contributed by atoms with van der Waals surface area (Å²) in [5, 5.41) is 6.48. The predicted octanol–water partition coefficient (Wildman–Crippen LogP) is 0.162. The van der Waals surface area contributed by atoms with E-state index >= 15 is 0 Å². The van der Waals surface area contributed by atoms with E-state index in [1.807, 2.05) is 0 Å². The van der Waals surface area contributed by atoms with Crippen LogP contribution in [0.25, 0.3) is 0 Å². The minimum atomic E-state index is -3.77. The molecule has 0 aliphatic rings. The lowest BCUT2D eigenvalue weighted by Gasteiger charge is -2.20. The fourth-order valence-electron chi connectivity index (χ4n) is 2.37. The summed E-state index contributed by atoms with van der Waals surface area (Å²) in [4.78, 5) is 4.04. The van der Waals surface area contributed by atoms with Crippen molar-refractivity contribution in [3.05, 3.63) is 41.5 Å². The summed E-state index contributed by atoms with van der Waals surface area (Å²) in [6, 6.07) is 3.47. The van der Waals surface area contributed by atoms with Crippen molar-refractivity contribution in [2.24, 2.45) is 0 Å². The molecule has 0 saturated carbocycles. The van der Waals surface area contributed by atoms with E-state index in [1.54, 1.807) is 38.4 Å². The second kappa shape index (κ2) is 7.60. The Morgan fingerprint density at radius 1 is 1.24 bits per heavy atom. The highest BCUT2D eigenvalue weighted by Gasteiger charge is 2.23. The topological polar surface area (TPSA) is 125 Å². The summed E-state index contributed by atoms with van der Waals surface area (Å²) >= 11 is 0. The highest BCUT2D eigenvalue weighted by atomic mass is 32.2. The molecule has 0 saturated heterocycles. The second-order valence-electron chi connectivity index (χ2n) is 5.62. The Hall–Kier alpha value is -1.82. The number of sulfonamides is 2. The largest absolute Gasteiger partial charge is 0.281 e. The van der Waals surface area contributed by atoms with Crippen LogP contribution in [0.4, 0.5) is 0 Å². The molecular formula is C14H21N5O4S2. The van der Waals surface area contributed by atoms with Gasteiger partial charge in [0.2, 0.25) is 20.0 Å². The SMILES string of the molecule is Cc1n[nH]c(C)c1S(=O)(=O)NCCN(Cc1cccnc1)S(C)(=O)=O. The fourth-order valence-corrected chi connectivity index (χ4v) is 4.57. The van der Waals surface area contributed by atoms with Crippen LogP contribution in [0.3, 0.4) is 0 Å². The van der Waals surface area contributed by atoms with Crippen molar-refractivity contribution in [3.8, 4) is 0 Å². The van der Waals surface area contributed by atoms with Gasteiger partial charge in [-0.15, -0.1) is 0 Å². The smallest absolute Gasteiger partial charge is 0.244 e. The van der Waals surface area contributed by atoms with Crippen molar-refractivity contribution in [2.45, 2.75) is 25.3 Å². The molecule has 0 amide bonds. The van der Waals surface area contributed by atoms with Crippen LogP contribution in [0.1, 0.15) is 17.0 Å². The number of pyridine rings is 1. The molecule has 11 heteroatoms. The van der Waals surface area contributed by atoms with Crippen LogP contribution >= 0.6 is 0 Å². The lowest BCUT2D eigenvalue weighted by atomic mass is 10.3. The van der Waals surface area contributed by atoms with E-state index in [2.05, 4.69) is 19.9 Å². The van der Waals surface area contributed by atoms with Gasteiger partial charge in [0.05, 0.1) is 17.6 Å². The van der Waals surface area contributed by atoms with Gasteiger partial charge in [-0.05, 0) is 25.5 Å². The van der Waals surface area contributed by atoms with Crippen LogP contribution in [0.15, 0.2) is 29.4 Å². The van der Waals surface area contributed by atoms with Gasteiger partial charge >= 0.3 is 0 Å². The van der Waals surface area contributed by atoms with Crippen LogP contribution in [0.5, 0.6) is 0 Å². The maximum absolute atomic E-state index is 12.4. The van der Waals surface area contributed by atoms with Gasteiger partial charge in [0, 0.05) is 32.0 Å². The highest BCUT2D eigenvalue weighted by molar-refractivity contribution is 7.89. The van der Waals surface area contributed by atoms with Crippen molar-refractivity contribution in [3.63, 3.8) is 0 Å². The number of aromatic nitrogens is 3. The monoisotopic (exact) mass is 387 g/mol. The quantitative estimate of drug-likeness (QED) is 0.665. The summed E-state index contributed by atoms with van der Waals surface area (Å²) < 4.78 is 52.3. The molecule has 2 rings (SSSR count). The van der Waals surface area contributed by atoms with Gasteiger partial charge in [-0.3, -0.25) is 10.1 Å². The van der Waals surface area contributed by atoms with E-state index in [9.17, 15) is 16.8 Å². The molecule has 138 valence electrons. The molecule has 0 atom stereocenters. The molecule has 2 heterocycles. The van der Waals surface area contributed by atoms with E-state index in [-0.39, 0.29) is 24.5 Å². The zero-order chi connectivity index (χ0) is 18.7. The molecule has 25 heavy (non-hydrogen) atoms. The van der Waals surface area contributed by atoms with E-state index in [0.717, 1.165) is 11.8 Å². The van der Waals surface area contributed by atoms with Gasteiger partial charge in [-0.25, -0.2) is 21.6 Å². The summed E-state index contributed by atoms with van der Waals surface area (Å²) in [6.07, 6.45) is 4.25. The minimum Gasteiger partial charge on any atom is -0.281 e. The Morgan fingerprint density at radius 3 is 2.48 bits per heavy atom. The first kappa shape index (κ1) is 19.5. The van der Waals surface area contributed by atoms with Crippen LogP contribution in [0.2, 0.25) is 0 Å². The Morgan fingerprint density at radius 2 is 1.96 bits per heavy atom. The second-order valence-corrected chi connectivity index (χ2v) is 9.30. The Kier molecular flexibility index (Phi) is 5.93. The third-order valence-electron chi connectivity index (χ3n) is 3.53. The number of hydrogen-bond donors (Lipinski definition) is 2. The summed E-state index contributed by atoms with van der Waals surface area (Å²) in [5.74, 6) is 0. The van der Waals surface area contributed by atoms with E-state index in [0.29, 0.717) is 11.4 Å². The number of rotatable bonds is 8. The van der Waals surface area contributed by atoms with Crippen molar-refractivity contribution < 1.29 is 16.8 Å². The molecule has 0 fully saturated rings. The third-order valence-corrected chi connectivity index (χ3v) is 6.51. The zero-order valence-electron chi connectivity index (χ0n) is 14.2. The Labute approximate surface area is 147 Å². The van der Waals surface area contributed by atoms with Gasteiger partial charge in [0.25, 0.3) is 0 Å². The van der Waals surface area contributed by atoms with Crippen LogP contribution in [0, 0.1) is 13.8 Å². The molecule has 2 aromatic rings. The summed E-state index contributed by atoms with van der Waals surface area (Å²) in [5.41, 5.74) is 1.51. The van der Waals surface area contributed by atoms with Crippen LogP contribution in [-0.2, 0) is 26.6 Å². The van der Waals surface area contributed by atoms with Gasteiger partial charge in [0.15, 0.2) is 0 Å². The minimum absolute atomic E-state index is 0.00288. The average Bonchev–Trinajstić information content (AvgIpc) is 2.86. The number of H-pyrrole nitrogens is 1. The number of aryl methyl sites for hydroxylation is 2. The average molecular weight is 387 g/mol. The normalized spacial score (nSPS) is 12.6. The van der Waals surface area contributed by atoms with Gasteiger partial charge in [-0.1, -0.05) is 6.07 Å². The van der Waals surface area contributed by atoms with E-state index in [4.69, 9.17) is 0 Å². The Balaban J connectivity index is 2.06. The summed E-state index contributed by atoms with van der Waals surface area (Å²) in [7, 11) is -7.27. The maximum Gasteiger partial charge on any atom is 0.244 e. The molecule has 0 radical (unpaired) electrons. The van der Waals surface area contributed by atoms with E-state index in [1.165, 1.54) is 4.31 Å². The molecule has 0 aliphatic heterocycles. The number of nitrogens with zero attached hydrogens (tertiary/aromatic N) is 3. The number of aromatic amines is 1. The molecule has 2 N–H and O–H groups in total. The third kappa shape index (κ3) is 5.08. The Bertz CT molecular complexity index is 904. The maximum atomic E-state index is 12.4. The van der Waals surface area contributed by atoms with Crippen LogP contribution in [-0.4, -0.2) is 55.7 Å². The highest BCUT2D eigenvalue weighted by Crippen LogP contribution is 2.16. The molecule has 0 spiro atoms. The first-order valence-corrected chi connectivity index (χ1v) is 10.8. The first-order valence-electron chi connectivity index (χ1n) is 7.46. The van der Waals surface area contributed by atoms with Crippen molar-refractivity contribution in [2.75, 3.05) is 19.3 Å². The number of hydrogen-bond acceptors (Lipinski definition) is 6. The number of nitrogens with one attached hydrogen (secondary N) is 2.